The fourth-order valence-corrected chi connectivity index (χ4v) is 0.306. The molecule has 0 saturated heterocycles. The van der Waals surface area contributed by atoms with Crippen molar-refractivity contribution in [2.24, 2.45) is 0 Å². The number of rotatable bonds is 2. The highest BCUT2D eigenvalue weighted by Gasteiger charge is 1.66. The van der Waals surface area contributed by atoms with E-state index in [9.17, 15) is 8.76 Å². The lowest BCUT2D eigenvalue weighted by atomic mass is 10.7. The third kappa shape index (κ3) is 5.14. The monoisotopic (exact) mass is 131 g/mol. The van der Waals surface area contributed by atoms with Crippen molar-refractivity contribution in [1.82, 2.24) is 4.72 Å². The summed E-state index contributed by atoms with van der Waals surface area (Å²) in [5, 5.41) is 7.80. The van der Waals surface area contributed by atoms with Crippen molar-refractivity contribution < 1.29 is 8.76 Å². The number of nitrogens with zero attached hydrogens (tertiary/aromatic N) is 1. The van der Waals surface area contributed by atoms with E-state index in [1.807, 2.05) is 4.72 Å². The molecule has 0 aliphatic rings. The van der Waals surface area contributed by atoms with Crippen molar-refractivity contribution in [1.29, 1.82) is 5.26 Å². The Balaban J connectivity index is 3.34. The Morgan fingerprint density at radius 1 is 1.88 bits per heavy atom. The standard InChI is InChI=1S/C3H4N2O2S/c4-2-1-3-5-8(6)7/h1,3,5H,(H,6,7)/p-1. The van der Waals surface area contributed by atoms with Gasteiger partial charge in [0.1, 0.15) is 0 Å². The summed E-state index contributed by atoms with van der Waals surface area (Å²) >= 11 is -2.30. The van der Waals surface area contributed by atoms with Gasteiger partial charge in [-0.05, 0) is 0 Å². The van der Waals surface area contributed by atoms with Gasteiger partial charge in [0.05, 0.1) is 6.07 Å². The molecule has 4 nitrogen and oxygen atoms in total. The molecule has 0 saturated carbocycles. The molecule has 0 radical (unpaired) electrons. The molecular weight excluding hydrogens is 128 g/mol. The molecule has 0 amide bonds. The molecule has 8 heavy (non-hydrogen) atoms. The lowest BCUT2D eigenvalue weighted by Gasteiger charge is -1.99. The average molecular weight is 131 g/mol. The van der Waals surface area contributed by atoms with Crippen LogP contribution in [0.4, 0.5) is 0 Å². The average Bonchev–Trinajstić information content (AvgIpc) is 1.66. The molecule has 0 aromatic heterocycles. The number of nitrogens with one attached hydrogen (secondary N) is 1. The Kier molecular flexibility index (Phi) is 3.84. The molecule has 44 valence electrons. The fourth-order valence-electron chi connectivity index (χ4n) is 0.127. The summed E-state index contributed by atoms with van der Waals surface area (Å²) < 4.78 is 21.1. The van der Waals surface area contributed by atoms with Crippen LogP contribution in [-0.2, 0) is 11.3 Å². The molecule has 0 aromatic carbocycles. The van der Waals surface area contributed by atoms with E-state index in [-0.39, 0.29) is 0 Å². The summed E-state index contributed by atoms with van der Waals surface area (Å²) in [6.07, 6.45) is 2.05. The summed E-state index contributed by atoms with van der Waals surface area (Å²) in [5.74, 6) is 0. The smallest absolute Gasteiger partial charge is 0.0927 e. The van der Waals surface area contributed by atoms with Crippen molar-refractivity contribution in [3.05, 3.63) is 12.3 Å². The predicted octanol–water partition coefficient (Wildman–Crippen LogP) is -0.593. The first-order chi connectivity index (χ1) is 3.77. The van der Waals surface area contributed by atoms with Crippen LogP contribution in [0, 0.1) is 11.3 Å². The van der Waals surface area contributed by atoms with Crippen molar-refractivity contribution in [2.45, 2.75) is 0 Å². The maximum Gasteiger partial charge on any atom is 0.0927 e. The largest absolute Gasteiger partial charge is 0.755 e. The van der Waals surface area contributed by atoms with Crippen LogP contribution in [0.5, 0.6) is 0 Å². The van der Waals surface area contributed by atoms with Crippen LogP contribution in [0.1, 0.15) is 0 Å². The van der Waals surface area contributed by atoms with Gasteiger partial charge in [0.2, 0.25) is 0 Å². The molecule has 0 fully saturated rings. The van der Waals surface area contributed by atoms with Crippen LogP contribution in [0.15, 0.2) is 12.3 Å². The predicted molar refractivity (Wildman–Crippen MR) is 26.8 cm³/mol. The van der Waals surface area contributed by atoms with Gasteiger partial charge in [0, 0.05) is 23.5 Å². The molecular formula is C3H3N2O2S-. The molecule has 1 unspecified atom stereocenters. The second-order valence-electron chi connectivity index (χ2n) is 0.815. The quantitative estimate of drug-likeness (QED) is 0.402. The highest BCUT2D eigenvalue weighted by atomic mass is 32.2. The zero-order chi connectivity index (χ0) is 6.41. The van der Waals surface area contributed by atoms with E-state index >= 15 is 0 Å². The van der Waals surface area contributed by atoms with Crippen molar-refractivity contribution in [3.8, 4) is 6.07 Å². The van der Waals surface area contributed by atoms with E-state index in [0.717, 1.165) is 12.3 Å². The van der Waals surface area contributed by atoms with Crippen LogP contribution < -0.4 is 4.72 Å². The Morgan fingerprint density at radius 3 is 2.88 bits per heavy atom. The van der Waals surface area contributed by atoms with Gasteiger partial charge in [-0.25, -0.2) is 0 Å². The zero-order valence-electron chi connectivity index (χ0n) is 3.83. The minimum absolute atomic E-state index is 1.02. The summed E-state index contributed by atoms with van der Waals surface area (Å²) in [4.78, 5) is 0. The Morgan fingerprint density at radius 2 is 2.50 bits per heavy atom. The van der Waals surface area contributed by atoms with Crippen molar-refractivity contribution in [2.75, 3.05) is 0 Å². The van der Waals surface area contributed by atoms with Gasteiger partial charge in [0.25, 0.3) is 0 Å². The number of hydrogen-bond donors (Lipinski definition) is 1. The number of allylic oxidation sites excluding steroid dienone is 1. The Labute approximate surface area is 49.2 Å². The van der Waals surface area contributed by atoms with Gasteiger partial charge in [-0.2, -0.15) is 5.26 Å². The third-order valence-electron chi connectivity index (χ3n) is 0.322. The van der Waals surface area contributed by atoms with Gasteiger partial charge < -0.3 is 9.27 Å². The maximum atomic E-state index is 9.60. The van der Waals surface area contributed by atoms with Crippen molar-refractivity contribution in [3.63, 3.8) is 0 Å². The lowest BCUT2D eigenvalue weighted by Crippen LogP contribution is -2.06. The van der Waals surface area contributed by atoms with E-state index < -0.39 is 11.3 Å². The molecule has 1 atom stereocenters. The first-order valence-electron chi connectivity index (χ1n) is 1.67. The van der Waals surface area contributed by atoms with Crippen LogP contribution in [0.2, 0.25) is 0 Å². The first-order valence-corrected chi connectivity index (χ1v) is 2.75. The summed E-state index contributed by atoms with van der Waals surface area (Å²) in [6, 6.07) is 1.61. The van der Waals surface area contributed by atoms with E-state index in [1.165, 1.54) is 0 Å². The van der Waals surface area contributed by atoms with E-state index in [1.54, 1.807) is 6.07 Å². The molecule has 5 heteroatoms. The van der Waals surface area contributed by atoms with Gasteiger partial charge in [-0.1, -0.05) is 0 Å². The van der Waals surface area contributed by atoms with Crippen molar-refractivity contribution >= 4 is 11.3 Å². The van der Waals surface area contributed by atoms with Crippen LogP contribution in [0.25, 0.3) is 0 Å². The topological polar surface area (TPSA) is 76.0 Å². The normalized spacial score (nSPS) is 13.0. The minimum Gasteiger partial charge on any atom is -0.755 e. The Bertz CT molecular complexity index is 148. The van der Waals surface area contributed by atoms with Crippen LogP contribution in [-0.4, -0.2) is 8.76 Å². The van der Waals surface area contributed by atoms with Gasteiger partial charge in [-0.3, -0.25) is 4.21 Å². The van der Waals surface area contributed by atoms with E-state index in [4.69, 9.17) is 5.26 Å². The van der Waals surface area contributed by atoms with E-state index in [2.05, 4.69) is 0 Å². The first kappa shape index (κ1) is 7.14. The second kappa shape index (κ2) is 4.30. The maximum absolute atomic E-state index is 9.60. The molecule has 0 spiro atoms. The minimum atomic E-state index is -2.30. The lowest BCUT2D eigenvalue weighted by molar-refractivity contribution is 0.531. The van der Waals surface area contributed by atoms with Crippen LogP contribution >= 0.6 is 0 Å². The fraction of sp³-hybridized carbons (Fsp3) is 0. The third-order valence-corrected chi connectivity index (χ3v) is 0.651. The summed E-state index contributed by atoms with van der Waals surface area (Å²) in [7, 11) is 0. The number of hydrogen-bond acceptors (Lipinski definition) is 3. The molecule has 0 heterocycles. The van der Waals surface area contributed by atoms with Gasteiger partial charge in [-0.15, -0.1) is 0 Å². The molecule has 0 aromatic rings. The SMILES string of the molecule is N#CC=CNS(=O)[O-]. The highest BCUT2D eigenvalue weighted by Crippen LogP contribution is 1.64. The molecule has 0 bridgehead atoms. The zero-order valence-corrected chi connectivity index (χ0v) is 4.64. The summed E-state index contributed by atoms with van der Waals surface area (Å²) in [6.45, 7) is 0. The molecule has 0 aliphatic heterocycles. The molecule has 1 N–H and O–H groups in total. The highest BCUT2D eigenvalue weighted by molar-refractivity contribution is 7.77. The molecule has 0 aliphatic carbocycles. The van der Waals surface area contributed by atoms with Gasteiger partial charge >= 0.3 is 0 Å². The Hall–Kier alpha value is -0.860. The molecule has 0 rings (SSSR count). The number of nitriles is 1. The second-order valence-corrected chi connectivity index (χ2v) is 1.52. The van der Waals surface area contributed by atoms with E-state index in [0.29, 0.717) is 0 Å². The van der Waals surface area contributed by atoms with Gasteiger partial charge in [0.15, 0.2) is 0 Å². The van der Waals surface area contributed by atoms with Crippen LogP contribution in [0.3, 0.4) is 0 Å². The summed E-state index contributed by atoms with van der Waals surface area (Å²) in [5.41, 5.74) is 0.